The first-order valence-electron chi connectivity index (χ1n) is 7.25. The van der Waals surface area contributed by atoms with E-state index in [1.807, 2.05) is 4.72 Å². The van der Waals surface area contributed by atoms with Crippen molar-refractivity contribution in [3.63, 3.8) is 0 Å². The lowest BCUT2D eigenvalue weighted by Gasteiger charge is -2.16. The van der Waals surface area contributed by atoms with Gasteiger partial charge in [0.25, 0.3) is 5.91 Å². The summed E-state index contributed by atoms with van der Waals surface area (Å²) < 4.78 is 39.9. The number of anilines is 1. The van der Waals surface area contributed by atoms with E-state index in [-0.39, 0.29) is 23.8 Å². The molecule has 0 radical (unpaired) electrons. The molecule has 1 fully saturated rings. The second kappa shape index (κ2) is 6.12. The predicted octanol–water partition coefficient (Wildman–Crippen LogP) is 1.50. The topological polar surface area (TPSA) is 86.7 Å². The van der Waals surface area contributed by atoms with Crippen molar-refractivity contribution in [2.24, 2.45) is 0 Å². The summed E-state index contributed by atoms with van der Waals surface area (Å²) in [5, 5.41) is 10.1. The van der Waals surface area contributed by atoms with Gasteiger partial charge in [-0.05, 0) is 42.2 Å². The number of aryl methyl sites for hydroxylation is 2. The number of rotatable bonds is 4. The van der Waals surface area contributed by atoms with Crippen LogP contribution in [0.4, 0.5) is 10.1 Å². The van der Waals surface area contributed by atoms with Gasteiger partial charge < -0.3 is 5.11 Å². The molecule has 0 bridgehead atoms. The predicted molar refractivity (Wildman–Crippen MR) is 86.3 cm³/mol. The lowest BCUT2D eigenvalue weighted by atomic mass is 10.0. The largest absolute Gasteiger partial charge is 0.506 e. The third kappa shape index (κ3) is 3.18. The van der Waals surface area contributed by atoms with Gasteiger partial charge in [-0.2, -0.15) is 8.42 Å². The van der Waals surface area contributed by atoms with Gasteiger partial charge in [0.15, 0.2) is 0 Å². The number of phenols is 1. The second-order valence-corrected chi connectivity index (χ2v) is 7.05. The fourth-order valence-electron chi connectivity index (χ4n) is 2.58. The van der Waals surface area contributed by atoms with Crippen LogP contribution in [0.2, 0.25) is 0 Å². The van der Waals surface area contributed by atoms with Crippen LogP contribution >= 0.6 is 0 Å². The van der Waals surface area contributed by atoms with E-state index >= 15 is 0 Å². The molecule has 2 N–H and O–H groups in total. The van der Waals surface area contributed by atoms with E-state index in [1.54, 1.807) is 24.3 Å². The number of benzene rings is 2. The third-order valence-electron chi connectivity index (χ3n) is 3.77. The monoisotopic (exact) mass is 350 g/mol. The van der Waals surface area contributed by atoms with Gasteiger partial charge in [0.2, 0.25) is 0 Å². The fraction of sp³-hybridized carbons (Fsp3) is 0.188. The maximum absolute atomic E-state index is 13.6. The Morgan fingerprint density at radius 2 is 1.92 bits per heavy atom. The molecule has 2 aromatic carbocycles. The number of halogens is 1. The molecule has 24 heavy (non-hydrogen) atoms. The molecule has 0 unspecified atom stereocenters. The first-order chi connectivity index (χ1) is 11.4. The quantitative estimate of drug-likeness (QED) is 0.875. The Labute approximate surface area is 138 Å². The summed E-state index contributed by atoms with van der Waals surface area (Å²) in [6.07, 6.45) is 0.937. The Bertz CT molecular complexity index is 899. The first-order valence-corrected chi connectivity index (χ1v) is 8.69. The minimum atomic E-state index is -3.96. The van der Waals surface area contributed by atoms with Gasteiger partial charge in [0, 0.05) is 0 Å². The highest BCUT2D eigenvalue weighted by atomic mass is 32.2. The second-order valence-electron chi connectivity index (χ2n) is 5.45. The molecule has 0 spiro atoms. The number of aromatic hydroxyl groups is 1. The molecular weight excluding hydrogens is 335 g/mol. The van der Waals surface area contributed by atoms with E-state index in [9.17, 15) is 22.7 Å². The number of amides is 1. The molecule has 0 aromatic heterocycles. The Morgan fingerprint density at radius 1 is 1.17 bits per heavy atom. The van der Waals surface area contributed by atoms with Gasteiger partial charge in [-0.1, -0.05) is 24.3 Å². The number of hydrogen-bond donors (Lipinski definition) is 2. The Balaban J connectivity index is 1.78. The molecule has 2 aromatic rings. The summed E-state index contributed by atoms with van der Waals surface area (Å²) in [6, 6.07) is 11.0. The van der Waals surface area contributed by atoms with Crippen molar-refractivity contribution < 1.29 is 22.7 Å². The molecule has 1 aliphatic heterocycles. The van der Waals surface area contributed by atoms with E-state index in [2.05, 4.69) is 0 Å². The highest BCUT2D eigenvalue weighted by molar-refractivity contribution is 7.92. The van der Waals surface area contributed by atoms with Gasteiger partial charge >= 0.3 is 10.2 Å². The van der Waals surface area contributed by atoms with Crippen LogP contribution in [0.3, 0.4) is 0 Å². The van der Waals surface area contributed by atoms with E-state index in [1.165, 1.54) is 18.2 Å². The van der Waals surface area contributed by atoms with Crippen molar-refractivity contribution in [2.75, 3.05) is 10.8 Å². The number of nitrogens with one attached hydrogen (secondary N) is 1. The summed E-state index contributed by atoms with van der Waals surface area (Å²) in [7, 11) is -3.96. The number of nitrogens with zero attached hydrogens (tertiary/aromatic N) is 1. The lowest BCUT2D eigenvalue weighted by Crippen LogP contribution is -2.29. The summed E-state index contributed by atoms with van der Waals surface area (Å²) in [5.41, 5.74) is 1.33. The molecular formula is C16H15FN2O4S. The molecule has 1 heterocycles. The highest BCUT2D eigenvalue weighted by Crippen LogP contribution is 2.31. The van der Waals surface area contributed by atoms with E-state index in [0.717, 1.165) is 9.87 Å². The molecule has 0 saturated carbocycles. The normalized spacial score (nSPS) is 16.2. The first kappa shape index (κ1) is 16.3. The van der Waals surface area contributed by atoms with Crippen molar-refractivity contribution in [2.45, 2.75) is 12.8 Å². The number of hydrogen-bond acceptors (Lipinski definition) is 4. The number of carbonyl (C=O) groups excluding carboxylic acids is 1. The number of carbonyl (C=O) groups is 1. The van der Waals surface area contributed by atoms with Crippen molar-refractivity contribution >= 4 is 21.8 Å². The van der Waals surface area contributed by atoms with Gasteiger partial charge in [0.05, 0.1) is 5.69 Å². The van der Waals surface area contributed by atoms with Crippen LogP contribution in [0, 0.1) is 5.82 Å². The standard InChI is InChI=1S/C16H15FN2O4S/c17-13-4-2-1-3-12(13)7-5-11-6-8-14(15(20)9-11)19-10-16(21)18-24(19,22)23/h1-4,6,8-9,20H,5,7,10H2,(H,18,21). The van der Waals surface area contributed by atoms with Crippen LogP contribution in [0.1, 0.15) is 11.1 Å². The van der Waals surface area contributed by atoms with Gasteiger partial charge in [0.1, 0.15) is 18.1 Å². The van der Waals surface area contributed by atoms with Crippen LogP contribution in [0.15, 0.2) is 42.5 Å². The molecule has 1 aliphatic rings. The van der Waals surface area contributed by atoms with Crippen LogP contribution in [0.25, 0.3) is 0 Å². The SMILES string of the molecule is O=C1CN(c2ccc(CCc3ccccc3F)cc2O)S(=O)(=O)N1. The van der Waals surface area contributed by atoms with Crippen molar-refractivity contribution in [1.82, 2.24) is 4.72 Å². The molecule has 8 heteroatoms. The summed E-state index contributed by atoms with van der Waals surface area (Å²) in [6.45, 7) is -0.371. The fourth-order valence-corrected chi connectivity index (χ4v) is 3.74. The van der Waals surface area contributed by atoms with Gasteiger partial charge in [-0.15, -0.1) is 0 Å². The molecule has 0 atom stereocenters. The highest BCUT2D eigenvalue weighted by Gasteiger charge is 2.35. The smallest absolute Gasteiger partial charge is 0.326 e. The summed E-state index contributed by atoms with van der Waals surface area (Å²) in [5.74, 6) is -1.19. The van der Waals surface area contributed by atoms with Crippen LogP contribution in [-0.4, -0.2) is 26.0 Å². The van der Waals surface area contributed by atoms with Gasteiger partial charge in [-0.25, -0.2) is 13.4 Å². The summed E-state index contributed by atoms with van der Waals surface area (Å²) >= 11 is 0. The average Bonchev–Trinajstić information content (AvgIpc) is 2.79. The van der Waals surface area contributed by atoms with Crippen molar-refractivity contribution in [3.8, 4) is 5.75 Å². The van der Waals surface area contributed by atoms with Crippen LogP contribution in [-0.2, 0) is 27.8 Å². The summed E-state index contributed by atoms with van der Waals surface area (Å²) in [4.78, 5) is 11.3. The van der Waals surface area contributed by atoms with Gasteiger partial charge in [-0.3, -0.25) is 4.79 Å². The van der Waals surface area contributed by atoms with E-state index < -0.39 is 16.1 Å². The Hall–Kier alpha value is -2.61. The number of phenolic OH excluding ortho intramolecular Hbond substituents is 1. The molecule has 126 valence electrons. The molecule has 1 amide bonds. The zero-order valence-electron chi connectivity index (χ0n) is 12.6. The molecule has 1 saturated heterocycles. The molecule has 6 nitrogen and oxygen atoms in total. The minimum Gasteiger partial charge on any atom is -0.506 e. The van der Waals surface area contributed by atoms with Crippen LogP contribution < -0.4 is 9.03 Å². The van der Waals surface area contributed by atoms with Crippen molar-refractivity contribution in [1.29, 1.82) is 0 Å². The lowest BCUT2D eigenvalue weighted by molar-refractivity contribution is -0.117. The molecule has 3 rings (SSSR count). The van der Waals surface area contributed by atoms with E-state index in [0.29, 0.717) is 18.4 Å². The minimum absolute atomic E-state index is 0.0305. The maximum atomic E-state index is 13.6. The maximum Gasteiger partial charge on any atom is 0.326 e. The Morgan fingerprint density at radius 3 is 2.54 bits per heavy atom. The van der Waals surface area contributed by atoms with Crippen molar-refractivity contribution in [3.05, 3.63) is 59.4 Å². The van der Waals surface area contributed by atoms with Crippen LogP contribution in [0.5, 0.6) is 5.75 Å². The zero-order chi connectivity index (χ0) is 17.3. The van der Waals surface area contributed by atoms with E-state index in [4.69, 9.17) is 0 Å². The average molecular weight is 350 g/mol. The Kier molecular flexibility index (Phi) is 4.15. The zero-order valence-corrected chi connectivity index (χ0v) is 13.4. The third-order valence-corrected chi connectivity index (χ3v) is 5.16. The molecule has 0 aliphatic carbocycles.